The number of hydrogen-bond acceptors (Lipinski definition) is 2. The molecule has 1 aliphatic rings. The Morgan fingerprint density at radius 2 is 1.75 bits per heavy atom. The maximum absolute atomic E-state index is 11.2. The van der Waals surface area contributed by atoms with Gasteiger partial charge in [-0.2, -0.15) is 0 Å². The lowest BCUT2D eigenvalue weighted by atomic mass is 9.84. The van der Waals surface area contributed by atoms with Gasteiger partial charge in [-0.05, 0) is 42.5 Å². The van der Waals surface area contributed by atoms with Crippen LogP contribution < -0.4 is 0 Å². The quantitative estimate of drug-likeness (QED) is 0.861. The van der Waals surface area contributed by atoms with E-state index in [1.54, 1.807) is 0 Å². The van der Waals surface area contributed by atoms with Gasteiger partial charge in [-0.1, -0.05) is 32.1 Å². The molecule has 4 nitrogen and oxygen atoms in total. The van der Waals surface area contributed by atoms with Gasteiger partial charge in [0.25, 0.3) is 0 Å². The van der Waals surface area contributed by atoms with E-state index in [9.17, 15) is 14.7 Å². The zero-order chi connectivity index (χ0) is 14.5. The lowest BCUT2D eigenvalue weighted by Gasteiger charge is -2.21. The molecule has 4 heteroatoms. The van der Waals surface area contributed by atoms with Crippen molar-refractivity contribution in [3.63, 3.8) is 0 Å². The molecule has 1 aromatic rings. The predicted octanol–water partition coefficient (Wildman–Crippen LogP) is 3.60. The fourth-order valence-electron chi connectivity index (χ4n) is 2.98. The molecule has 0 bridgehead atoms. The van der Waals surface area contributed by atoms with Crippen LogP contribution in [0.2, 0.25) is 0 Å². The van der Waals surface area contributed by atoms with Crippen molar-refractivity contribution < 1.29 is 19.8 Å². The highest BCUT2D eigenvalue weighted by atomic mass is 16.4. The molecule has 0 aliphatic heterocycles. The standard InChI is InChI=1S/C16H20O4/c17-15(18)13-8-9-14(16(19)20)12(10-13)7-6-11-4-2-1-3-5-11/h8-11H,1-7H2,(H,17,18)(H,19,20). The summed E-state index contributed by atoms with van der Waals surface area (Å²) in [5.74, 6) is -1.35. The van der Waals surface area contributed by atoms with Crippen molar-refractivity contribution in [2.24, 2.45) is 5.92 Å². The van der Waals surface area contributed by atoms with Crippen molar-refractivity contribution in [1.29, 1.82) is 0 Å². The Morgan fingerprint density at radius 1 is 1.05 bits per heavy atom. The Morgan fingerprint density at radius 3 is 2.35 bits per heavy atom. The first-order chi connectivity index (χ1) is 9.58. The molecular weight excluding hydrogens is 256 g/mol. The van der Waals surface area contributed by atoms with Gasteiger partial charge in [0.15, 0.2) is 0 Å². The Labute approximate surface area is 118 Å². The number of carbonyl (C=O) groups is 2. The molecule has 0 unspecified atom stereocenters. The molecule has 20 heavy (non-hydrogen) atoms. The van der Waals surface area contributed by atoms with Crippen LogP contribution in [0.25, 0.3) is 0 Å². The summed E-state index contributed by atoms with van der Waals surface area (Å²) in [4.78, 5) is 22.2. The first-order valence-corrected chi connectivity index (χ1v) is 7.17. The van der Waals surface area contributed by atoms with Crippen molar-refractivity contribution >= 4 is 11.9 Å². The molecule has 1 aromatic carbocycles. The highest BCUT2D eigenvalue weighted by molar-refractivity contribution is 5.93. The molecule has 1 saturated carbocycles. The summed E-state index contributed by atoms with van der Waals surface area (Å²) in [6.07, 6.45) is 7.82. The predicted molar refractivity (Wildman–Crippen MR) is 75.3 cm³/mol. The van der Waals surface area contributed by atoms with Crippen molar-refractivity contribution in [3.8, 4) is 0 Å². The zero-order valence-corrected chi connectivity index (χ0v) is 11.5. The van der Waals surface area contributed by atoms with Crippen LogP contribution in [0.15, 0.2) is 18.2 Å². The van der Waals surface area contributed by atoms with Crippen molar-refractivity contribution in [1.82, 2.24) is 0 Å². The Bertz CT molecular complexity index is 501. The molecule has 0 aromatic heterocycles. The van der Waals surface area contributed by atoms with E-state index >= 15 is 0 Å². The number of aryl methyl sites for hydroxylation is 1. The molecule has 0 radical (unpaired) electrons. The third-order valence-electron chi connectivity index (χ3n) is 4.13. The third-order valence-corrected chi connectivity index (χ3v) is 4.13. The minimum Gasteiger partial charge on any atom is -0.478 e. The number of aromatic carboxylic acids is 2. The van der Waals surface area contributed by atoms with Gasteiger partial charge in [0.1, 0.15) is 0 Å². The van der Waals surface area contributed by atoms with Gasteiger partial charge in [-0.25, -0.2) is 9.59 Å². The Kier molecular flexibility index (Phi) is 4.77. The summed E-state index contributed by atoms with van der Waals surface area (Å²) in [6, 6.07) is 4.27. The fraction of sp³-hybridized carbons (Fsp3) is 0.500. The highest BCUT2D eigenvalue weighted by Gasteiger charge is 2.17. The molecule has 0 saturated heterocycles. The van der Waals surface area contributed by atoms with Crippen LogP contribution in [-0.4, -0.2) is 22.2 Å². The summed E-state index contributed by atoms with van der Waals surface area (Å²) >= 11 is 0. The van der Waals surface area contributed by atoms with E-state index < -0.39 is 11.9 Å². The average Bonchev–Trinajstić information content (AvgIpc) is 2.45. The number of carboxylic acids is 2. The van der Waals surface area contributed by atoms with Gasteiger partial charge in [0.05, 0.1) is 11.1 Å². The van der Waals surface area contributed by atoms with E-state index in [-0.39, 0.29) is 11.1 Å². The molecule has 108 valence electrons. The molecule has 0 heterocycles. The van der Waals surface area contributed by atoms with Crippen LogP contribution >= 0.6 is 0 Å². The summed E-state index contributed by atoms with van der Waals surface area (Å²) in [7, 11) is 0. The maximum Gasteiger partial charge on any atom is 0.335 e. The Hall–Kier alpha value is -1.84. The van der Waals surface area contributed by atoms with Crippen molar-refractivity contribution in [2.75, 3.05) is 0 Å². The molecular formula is C16H20O4. The van der Waals surface area contributed by atoms with Crippen molar-refractivity contribution in [3.05, 3.63) is 34.9 Å². The molecule has 0 amide bonds. The average molecular weight is 276 g/mol. The third kappa shape index (κ3) is 3.59. The SMILES string of the molecule is O=C(O)c1ccc(C(=O)O)c(CCC2CCCCC2)c1. The van der Waals surface area contributed by atoms with Crippen LogP contribution in [0.5, 0.6) is 0 Å². The van der Waals surface area contributed by atoms with Crippen LogP contribution in [0.1, 0.15) is 64.8 Å². The smallest absolute Gasteiger partial charge is 0.335 e. The largest absolute Gasteiger partial charge is 0.478 e. The zero-order valence-electron chi connectivity index (χ0n) is 11.5. The molecule has 0 spiro atoms. The van der Waals surface area contributed by atoms with E-state index in [4.69, 9.17) is 5.11 Å². The van der Waals surface area contributed by atoms with Gasteiger partial charge >= 0.3 is 11.9 Å². The maximum atomic E-state index is 11.2. The molecule has 2 rings (SSSR count). The van der Waals surface area contributed by atoms with Crippen LogP contribution in [0, 0.1) is 5.92 Å². The van der Waals surface area contributed by atoms with E-state index in [1.165, 1.54) is 50.3 Å². The van der Waals surface area contributed by atoms with Crippen LogP contribution in [-0.2, 0) is 6.42 Å². The van der Waals surface area contributed by atoms with Crippen LogP contribution in [0.3, 0.4) is 0 Å². The topological polar surface area (TPSA) is 74.6 Å². The van der Waals surface area contributed by atoms with E-state index in [0.717, 1.165) is 6.42 Å². The summed E-state index contributed by atoms with van der Waals surface area (Å²) in [5, 5.41) is 18.2. The Balaban J connectivity index is 2.12. The lowest BCUT2D eigenvalue weighted by molar-refractivity contribution is 0.0680. The van der Waals surface area contributed by atoms with Crippen LogP contribution in [0.4, 0.5) is 0 Å². The second-order valence-electron chi connectivity index (χ2n) is 5.52. The molecule has 0 atom stereocenters. The highest BCUT2D eigenvalue weighted by Crippen LogP contribution is 2.28. The van der Waals surface area contributed by atoms with Gasteiger partial charge in [0, 0.05) is 0 Å². The van der Waals surface area contributed by atoms with Crippen molar-refractivity contribution in [2.45, 2.75) is 44.9 Å². The minimum absolute atomic E-state index is 0.161. The van der Waals surface area contributed by atoms with Gasteiger partial charge in [-0.3, -0.25) is 0 Å². The van der Waals surface area contributed by atoms with E-state index in [2.05, 4.69) is 0 Å². The molecule has 1 fully saturated rings. The van der Waals surface area contributed by atoms with Gasteiger partial charge in [-0.15, -0.1) is 0 Å². The molecule has 2 N–H and O–H groups in total. The monoisotopic (exact) mass is 276 g/mol. The van der Waals surface area contributed by atoms with E-state index in [0.29, 0.717) is 17.9 Å². The minimum atomic E-state index is -1.01. The second kappa shape index (κ2) is 6.55. The normalized spacial score (nSPS) is 16.0. The van der Waals surface area contributed by atoms with E-state index in [1.807, 2.05) is 0 Å². The second-order valence-corrected chi connectivity index (χ2v) is 5.52. The summed E-state index contributed by atoms with van der Waals surface area (Å²) in [6.45, 7) is 0. The number of hydrogen-bond donors (Lipinski definition) is 2. The summed E-state index contributed by atoms with van der Waals surface area (Å²) in [5.41, 5.74) is 1.03. The molecule has 1 aliphatic carbocycles. The number of carboxylic acid groups (broad SMARTS) is 2. The number of rotatable bonds is 5. The van der Waals surface area contributed by atoms with Gasteiger partial charge < -0.3 is 10.2 Å². The fourth-order valence-corrected chi connectivity index (χ4v) is 2.98. The first kappa shape index (κ1) is 14.6. The summed E-state index contributed by atoms with van der Waals surface area (Å²) < 4.78 is 0. The number of benzene rings is 1. The lowest BCUT2D eigenvalue weighted by Crippen LogP contribution is -2.10. The first-order valence-electron chi connectivity index (χ1n) is 7.17. The van der Waals surface area contributed by atoms with Gasteiger partial charge in [0.2, 0.25) is 0 Å².